The molecule has 1 rings (SSSR count). The van der Waals surface area contributed by atoms with Crippen LogP contribution in [0.2, 0.25) is 0 Å². The molecule has 0 aromatic rings. The Morgan fingerprint density at radius 3 is 2.67 bits per heavy atom. The number of hydrogen-bond acceptors (Lipinski definition) is 3. The van der Waals surface area contributed by atoms with Crippen molar-refractivity contribution in [3.8, 4) is 6.07 Å². The molecule has 0 radical (unpaired) electrons. The second-order valence-electron chi connectivity index (χ2n) is 4.01. The lowest BCUT2D eigenvalue weighted by Crippen LogP contribution is -2.48. The lowest BCUT2D eigenvalue weighted by atomic mass is 9.97. The Morgan fingerprint density at radius 1 is 1.60 bits per heavy atom. The fraction of sp³-hybridized carbons (Fsp3) is 0.818. The van der Waals surface area contributed by atoms with Gasteiger partial charge in [0.05, 0.1) is 12.1 Å². The van der Waals surface area contributed by atoms with Gasteiger partial charge in [0.25, 0.3) is 0 Å². The first-order valence-corrected chi connectivity index (χ1v) is 5.60. The zero-order chi connectivity index (χ0) is 11.3. The van der Waals surface area contributed by atoms with E-state index in [1.54, 1.807) is 0 Å². The van der Waals surface area contributed by atoms with E-state index in [4.69, 9.17) is 5.26 Å². The standard InChI is InChI=1S/C11H19N3O/c1-3-13-11(15)9(2)14-6-4-10(8-12)5-7-14/h9-10H,3-7H2,1-2H3,(H,13,15). The van der Waals surface area contributed by atoms with Gasteiger partial charge >= 0.3 is 0 Å². The van der Waals surface area contributed by atoms with Crippen molar-refractivity contribution in [3.63, 3.8) is 0 Å². The van der Waals surface area contributed by atoms with Crippen molar-refractivity contribution < 1.29 is 4.79 Å². The molecule has 4 nitrogen and oxygen atoms in total. The van der Waals surface area contributed by atoms with Gasteiger partial charge in [-0.05, 0) is 26.7 Å². The molecule has 1 aliphatic heterocycles. The summed E-state index contributed by atoms with van der Waals surface area (Å²) in [6.45, 7) is 6.25. The van der Waals surface area contributed by atoms with E-state index in [9.17, 15) is 4.79 Å². The number of nitrogens with one attached hydrogen (secondary N) is 1. The average molecular weight is 209 g/mol. The molecule has 1 unspecified atom stereocenters. The van der Waals surface area contributed by atoms with Gasteiger partial charge < -0.3 is 5.32 Å². The highest BCUT2D eigenvalue weighted by molar-refractivity contribution is 5.81. The predicted molar refractivity (Wildman–Crippen MR) is 58.1 cm³/mol. The third-order valence-corrected chi connectivity index (χ3v) is 2.99. The van der Waals surface area contributed by atoms with Crippen LogP contribution in [0, 0.1) is 17.2 Å². The van der Waals surface area contributed by atoms with Gasteiger partial charge in [0, 0.05) is 25.6 Å². The summed E-state index contributed by atoms with van der Waals surface area (Å²) >= 11 is 0. The number of nitriles is 1. The monoisotopic (exact) mass is 209 g/mol. The molecule has 0 aromatic heterocycles. The maximum Gasteiger partial charge on any atom is 0.237 e. The Kier molecular flexibility index (Phi) is 4.57. The largest absolute Gasteiger partial charge is 0.355 e. The minimum atomic E-state index is -0.0652. The topological polar surface area (TPSA) is 56.1 Å². The molecule has 1 N–H and O–H groups in total. The Bertz CT molecular complexity index is 251. The normalized spacial score (nSPS) is 20.6. The van der Waals surface area contributed by atoms with Crippen molar-refractivity contribution in [2.24, 2.45) is 5.92 Å². The van der Waals surface area contributed by atoms with Crippen LogP contribution in [-0.2, 0) is 4.79 Å². The zero-order valence-electron chi connectivity index (χ0n) is 9.49. The highest BCUT2D eigenvalue weighted by atomic mass is 16.2. The fourth-order valence-electron chi connectivity index (χ4n) is 1.90. The van der Waals surface area contributed by atoms with E-state index in [1.807, 2.05) is 13.8 Å². The molecule has 15 heavy (non-hydrogen) atoms. The highest BCUT2D eigenvalue weighted by Crippen LogP contribution is 2.17. The number of rotatable bonds is 3. The van der Waals surface area contributed by atoms with Gasteiger partial charge in [-0.1, -0.05) is 0 Å². The summed E-state index contributed by atoms with van der Waals surface area (Å²) in [5.41, 5.74) is 0. The Balaban J connectivity index is 2.39. The molecule has 0 spiro atoms. The lowest BCUT2D eigenvalue weighted by molar-refractivity contribution is -0.126. The summed E-state index contributed by atoms with van der Waals surface area (Å²) in [4.78, 5) is 13.7. The number of likely N-dealkylation sites (N-methyl/N-ethyl adjacent to an activating group) is 1. The van der Waals surface area contributed by atoms with E-state index in [-0.39, 0.29) is 17.9 Å². The molecule has 1 saturated heterocycles. The summed E-state index contributed by atoms with van der Waals surface area (Å²) in [7, 11) is 0. The van der Waals surface area contributed by atoms with Crippen LogP contribution in [0.25, 0.3) is 0 Å². The second-order valence-corrected chi connectivity index (χ2v) is 4.01. The molecule has 1 heterocycles. The van der Waals surface area contributed by atoms with Crippen LogP contribution >= 0.6 is 0 Å². The summed E-state index contributed by atoms with van der Waals surface area (Å²) in [6.07, 6.45) is 1.78. The van der Waals surface area contributed by atoms with Crippen LogP contribution in [0.3, 0.4) is 0 Å². The van der Waals surface area contributed by atoms with Crippen molar-refractivity contribution in [2.45, 2.75) is 32.7 Å². The first-order valence-electron chi connectivity index (χ1n) is 5.60. The zero-order valence-corrected chi connectivity index (χ0v) is 9.49. The van der Waals surface area contributed by atoms with E-state index in [2.05, 4.69) is 16.3 Å². The lowest BCUT2D eigenvalue weighted by Gasteiger charge is -2.33. The van der Waals surface area contributed by atoms with Gasteiger partial charge in [0.2, 0.25) is 5.91 Å². The number of hydrogen-bond donors (Lipinski definition) is 1. The van der Waals surface area contributed by atoms with Crippen molar-refractivity contribution in [1.29, 1.82) is 5.26 Å². The molecule has 1 aliphatic rings. The summed E-state index contributed by atoms with van der Waals surface area (Å²) in [5.74, 6) is 0.274. The number of amides is 1. The molecule has 1 fully saturated rings. The van der Waals surface area contributed by atoms with Gasteiger partial charge in [-0.3, -0.25) is 9.69 Å². The SMILES string of the molecule is CCNC(=O)C(C)N1CCC(C#N)CC1. The molecule has 1 amide bonds. The van der Waals surface area contributed by atoms with Crippen LogP contribution < -0.4 is 5.32 Å². The van der Waals surface area contributed by atoms with Gasteiger partial charge in [-0.15, -0.1) is 0 Å². The Labute approximate surface area is 91.2 Å². The molecule has 4 heteroatoms. The van der Waals surface area contributed by atoms with E-state index >= 15 is 0 Å². The molecule has 0 saturated carbocycles. The quantitative estimate of drug-likeness (QED) is 0.746. The molecule has 84 valence electrons. The first-order chi connectivity index (χ1) is 7.19. The van der Waals surface area contributed by atoms with Crippen LogP contribution in [-0.4, -0.2) is 36.5 Å². The van der Waals surface area contributed by atoms with Gasteiger partial charge in [-0.25, -0.2) is 0 Å². The van der Waals surface area contributed by atoms with E-state index in [0.717, 1.165) is 25.9 Å². The van der Waals surface area contributed by atoms with Crippen molar-refractivity contribution in [1.82, 2.24) is 10.2 Å². The van der Waals surface area contributed by atoms with Crippen LogP contribution in [0.1, 0.15) is 26.7 Å². The van der Waals surface area contributed by atoms with Gasteiger partial charge in [0.15, 0.2) is 0 Å². The summed E-state index contributed by atoms with van der Waals surface area (Å²) in [6, 6.07) is 2.23. The number of likely N-dealkylation sites (tertiary alicyclic amines) is 1. The second kappa shape index (κ2) is 5.72. The van der Waals surface area contributed by atoms with Crippen LogP contribution in [0.15, 0.2) is 0 Å². The molecule has 0 aliphatic carbocycles. The van der Waals surface area contributed by atoms with Crippen molar-refractivity contribution in [3.05, 3.63) is 0 Å². The predicted octanol–water partition coefficient (Wildman–Crippen LogP) is 0.747. The number of carbonyl (C=O) groups excluding carboxylic acids is 1. The average Bonchev–Trinajstić information content (AvgIpc) is 2.28. The molecular weight excluding hydrogens is 190 g/mol. The fourth-order valence-corrected chi connectivity index (χ4v) is 1.90. The van der Waals surface area contributed by atoms with E-state index in [0.29, 0.717) is 6.54 Å². The van der Waals surface area contributed by atoms with Crippen molar-refractivity contribution >= 4 is 5.91 Å². The number of carbonyl (C=O) groups is 1. The van der Waals surface area contributed by atoms with Crippen molar-refractivity contribution in [2.75, 3.05) is 19.6 Å². The number of nitrogens with zero attached hydrogens (tertiary/aromatic N) is 2. The maximum atomic E-state index is 11.6. The Hall–Kier alpha value is -1.08. The Morgan fingerprint density at radius 2 is 2.20 bits per heavy atom. The smallest absolute Gasteiger partial charge is 0.237 e. The minimum Gasteiger partial charge on any atom is -0.355 e. The third-order valence-electron chi connectivity index (χ3n) is 2.99. The molecule has 1 atom stereocenters. The first kappa shape index (κ1) is 12.0. The van der Waals surface area contributed by atoms with E-state index < -0.39 is 0 Å². The van der Waals surface area contributed by atoms with Gasteiger partial charge in [0.1, 0.15) is 0 Å². The van der Waals surface area contributed by atoms with Gasteiger partial charge in [-0.2, -0.15) is 5.26 Å². The van der Waals surface area contributed by atoms with Crippen LogP contribution in [0.4, 0.5) is 0 Å². The van der Waals surface area contributed by atoms with E-state index in [1.165, 1.54) is 0 Å². The number of piperidine rings is 1. The molecule has 0 bridgehead atoms. The highest BCUT2D eigenvalue weighted by Gasteiger charge is 2.25. The minimum absolute atomic E-state index is 0.0652. The summed E-state index contributed by atoms with van der Waals surface area (Å²) < 4.78 is 0. The molecular formula is C11H19N3O. The maximum absolute atomic E-state index is 11.6. The summed E-state index contributed by atoms with van der Waals surface area (Å²) in [5, 5.41) is 11.6. The van der Waals surface area contributed by atoms with Crippen LogP contribution in [0.5, 0.6) is 0 Å². The molecule has 0 aromatic carbocycles. The third kappa shape index (κ3) is 3.21.